The van der Waals surface area contributed by atoms with Gasteiger partial charge in [-0.1, -0.05) is 11.6 Å². The summed E-state index contributed by atoms with van der Waals surface area (Å²) in [5, 5.41) is 12.9. The van der Waals surface area contributed by atoms with Crippen LogP contribution in [0.2, 0.25) is 5.02 Å². The number of carbonyl (C=O) groups is 1. The topological polar surface area (TPSA) is 61.8 Å². The number of nitrogens with zero attached hydrogens (tertiary/aromatic N) is 1. The number of anilines is 2. The zero-order valence-corrected chi connectivity index (χ0v) is 12.4. The summed E-state index contributed by atoms with van der Waals surface area (Å²) in [5.41, 5.74) is 1.99. The third-order valence-electron chi connectivity index (χ3n) is 3.35. The number of nitrogens with one attached hydrogen (secondary N) is 1. The fraction of sp³-hybridized carbons (Fsp3) is 0.500. The Morgan fingerprint density at radius 1 is 1.45 bits per heavy atom. The second kappa shape index (κ2) is 6.43. The van der Waals surface area contributed by atoms with Crippen molar-refractivity contribution < 1.29 is 14.6 Å². The monoisotopic (exact) mass is 298 g/mol. The van der Waals surface area contributed by atoms with Crippen LogP contribution in [0, 0.1) is 0 Å². The molecule has 20 heavy (non-hydrogen) atoms. The number of ether oxygens (including phenoxy) is 1. The minimum absolute atomic E-state index is 0.411. The Labute approximate surface area is 123 Å². The Morgan fingerprint density at radius 3 is 2.85 bits per heavy atom. The molecule has 5 nitrogen and oxygen atoms in total. The van der Waals surface area contributed by atoms with E-state index in [9.17, 15) is 9.90 Å². The first-order valence-electron chi connectivity index (χ1n) is 6.73. The van der Waals surface area contributed by atoms with E-state index in [4.69, 9.17) is 16.3 Å². The van der Waals surface area contributed by atoms with E-state index in [1.807, 2.05) is 13.8 Å². The molecular weight excluding hydrogens is 280 g/mol. The van der Waals surface area contributed by atoms with Gasteiger partial charge in [-0.2, -0.15) is 0 Å². The number of amides is 1. The largest absolute Gasteiger partial charge is 0.380 e. The van der Waals surface area contributed by atoms with Crippen LogP contribution in [-0.4, -0.2) is 37.3 Å². The molecule has 0 aromatic heterocycles. The second-order valence-corrected chi connectivity index (χ2v) is 4.97. The SMILES string of the molecule is CCOCCN(CC)c1cc2c(cc1Cl)C(O)C(=O)N2. The molecule has 1 amide bonds. The van der Waals surface area contributed by atoms with Gasteiger partial charge in [-0.3, -0.25) is 4.79 Å². The number of hydrogen-bond donors (Lipinski definition) is 2. The first-order chi connectivity index (χ1) is 9.58. The number of aliphatic hydroxyl groups is 1. The van der Waals surface area contributed by atoms with Crippen molar-refractivity contribution in [1.82, 2.24) is 0 Å². The van der Waals surface area contributed by atoms with Crippen LogP contribution in [0.15, 0.2) is 12.1 Å². The molecule has 1 aromatic rings. The number of halogens is 1. The summed E-state index contributed by atoms with van der Waals surface area (Å²) in [4.78, 5) is 13.5. The number of fused-ring (bicyclic) bond motifs is 1. The number of aliphatic hydroxyl groups excluding tert-OH is 1. The normalized spacial score (nSPS) is 17.0. The van der Waals surface area contributed by atoms with Gasteiger partial charge in [0, 0.05) is 30.9 Å². The Hall–Kier alpha value is -1.30. The van der Waals surface area contributed by atoms with Gasteiger partial charge in [0.2, 0.25) is 0 Å². The lowest BCUT2D eigenvalue weighted by Crippen LogP contribution is -2.27. The molecule has 2 N–H and O–H groups in total. The summed E-state index contributed by atoms with van der Waals surface area (Å²) in [5.74, 6) is -0.411. The molecule has 1 heterocycles. The maximum absolute atomic E-state index is 11.5. The van der Waals surface area contributed by atoms with Gasteiger partial charge < -0.3 is 20.1 Å². The molecule has 6 heteroatoms. The number of carbonyl (C=O) groups excluding carboxylic acids is 1. The van der Waals surface area contributed by atoms with E-state index < -0.39 is 12.0 Å². The average molecular weight is 299 g/mol. The maximum atomic E-state index is 11.5. The van der Waals surface area contributed by atoms with Crippen molar-refractivity contribution in [3.8, 4) is 0 Å². The second-order valence-electron chi connectivity index (χ2n) is 4.56. The molecule has 0 saturated carbocycles. The van der Waals surface area contributed by atoms with Gasteiger partial charge in [-0.25, -0.2) is 0 Å². The van der Waals surface area contributed by atoms with Crippen molar-refractivity contribution in [1.29, 1.82) is 0 Å². The van der Waals surface area contributed by atoms with Crippen molar-refractivity contribution in [3.63, 3.8) is 0 Å². The van der Waals surface area contributed by atoms with E-state index in [0.29, 0.717) is 29.5 Å². The van der Waals surface area contributed by atoms with E-state index in [1.54, 1.807) is 12.1 Å². The summed E-state index contributed by atoms with van der Waals surface area (Å²) < 4.78 is 5.36. The fourth-order valence-corrected chi connectivity index (χ4v) is 2.56. The van der Waals surface area contributed by atoms with Crippen molar-refractivity contribution in [2.24, 2.45) is 0 Å². The van der Waals surface area contributed by atoms with Gasteiger partial charge in [0.1, 0.15) is 0 Å². The van der Waals surface area contributed by atoms with Gasteiger partial charge in [0.05, 0.1) is 17.3 Å². The number of benzene rings is 1. The molecule has 0 radical (unpaired) electrons. The van der Waals surface area contributed by atoms with Gasteiger partial charge in [0.25, 0.3) is 5.91 Å². The minimum Gasteiger partial charge on any atom is -0.380 e. The first kappa shape index (κ1) is 15.1. The summed E-state index contributed by atoms with van der Waals surface area (Å²) in [6.45, 7) is 6.78. The van der Waals surface area contributed by atoms with Crippen LogP contribution in [0.25, 0.3) is 0 Å². The summed E-state index contributed by atoms with van der Waals surface area (Å²) in [6, 6.07) is 3.46. The van der Waals surface area contributed by atoms with E-state index >= 15 is 0 Å². The number of rotatable bonds is 6. The third kappa shape index (κ3) is 2.90. The Kier molecular flexibility index (Phi) is 4.86. The quantitative estimate of drug-likeness (QED) is 0.790. The lowest BCUT2D eigenvalue weighted by Gasteiger charge is -2.24. The smallest absolute Gasteiger partial charge is 0.257 e. The average Bonchev–Trinajstić information content (AvgIpc) is 2.70. The molecule has 0 bridgehead atoms. The standard InChI is InChI=1S/C14H19ClN2O3/c1-3-17(5-6-20-4-2)12-8-11-9(7-10(12)15)13(18)14(19)16-11/h7-8,13,18H,3-6H2,1-2H3,(H,16,19). The van der Waals surface area contributed by atoms with Crippen molar-refractivity contribution in [3.05, 3.63) is 22.7 Å². The highest BCUT2D eigenvalue weighted by atomic mass is 35.5. The maximum Gasteiger partial charge on any atom is 0.257 e. The molecule has 1 atom stereocenters. The lowest BCUT2D eigenvalue weighted by molar-refractivity contribution is -0.123. The van der Waals surface area contributed by atoms with Crippen molar-refractivity contribution in [2.45, 2.75) is 20.0 Å². The van der Waals surface area contributed by atoms with Crippen LogP contribution in [0.3, 0.4) is 0 Å². The zero-order valence-electron chi connectivity index (χ0n) is 11.6. The molecule has 1 aliphatic heterocycles. The van der Waals surface area contributed by atoms with Gasteiger partial charge in [-0.05, 0) is 26.0 Å². The molecule has 2 rings (SSSR count). The van der Waals surface area contributed by atoms with Crippen LogP contribution in [0.4, 0.5) is 11.4 Å². The Balaban J connectivity index is 2.24. The van der Waals surface area contributed by atoms with Crippen molar-refractivity contribution >= 4 is 28.9 Å². The van der Waals surface area contributed by atoms with Crippen LogP contribution in [0.5, 0.6) is 0 Å². The number of hydrogen-bond acceptors (Lipinski definition) is 4. The number of likely N-dealkylation sites (N-methyl/N-ethyl adjacent to an activating group) is 1. The predicted octanol–water partition coefficient (Wildman–Crippen LogP) is 2.19. The molecular formula is C14H19ClN2O3. The lowest BCUT2D eigenvalue weighted by atomic mass is 10.1. The highest BCUT2D eigenvalue weighted by Crippen LogP contribution is 2.38. The molecule has 1 aromatic carbocycles. The Bertz CT molecular complexity index is 507. The third-order valence-corrected chi connectivity index (χ3v) is 3.65. The van der Waals surface area contributed by atoms with Crippen LogP contribution in [-0.2, 0) is 9.53 Å². The molecule has 0 fully saturated rings. The Morgan fingerprint density at radius 2 is 2.20 bits per heavy atom. The van der Waals surface area contributed by atoms with E-state index in [-0.39, 0.29) is 0 Å². The molecule has 0 aliphatic carbocycles. The fourth-order valence-electron chi connectivity index (χ4n) is 2.26. The molecule has 1 unspecified atom stereocenters. The van der Waals surface area contributed by atoms with Crippen molar-refractivity contribution in [2.75, 3.05) is 36.5 Å². The van der Waals surface area contributed by atoms with E-state index in [2.05, 4.69) is 10.2 Å². The van der Waals surface area contributed by atoms with E-state index in [0.717, 1.165) is 18.8 Å². The van der Waals surface area contributed by atoms with E-state index in [1.165, 1.54) is 0 Å². The zero-order chi connectivity index (χ0) is 14.7. The molecule has 0 spiro atoms. The molecule has 110 valence electrons. The molecule has 0 saturated heterocycles. The van der Waals surface area contributed by atoms with Gasteiger partial charge in [0.15, 0.2) is 6.10 Å². The summed E-state index contributed by atoms with van der Waals surface area (Å²) in [7, 11) is 0. The predicted molar refractivity (Wildman–Crippen MR) is 79.4 cm³/mol. The first-order valence-corrected chi connectivity index (χ1v) is 7.11. The highest BCUT2D eigenvalue weighted by molar-refractivity contribution is 6.33. The summed E-state index contributed by atoms with van der Waals surface area (Å²) >= 11 is 6.27. The van der Waals surface area contributed by atoms with Crippen LogP contribution >= 0.6 is 11.6 Å². The molecule has 1 aliphatic rings. The van der Waals surface area contributed by atoms with Gasteiger partial charge in [-0.15, -0.1) is 0 Å². The van der Waals surface area contributed by atoms with Gasteiger partial charge >= 0.3 is 0 Å². The summed E-state index contributed by atoms with van der Waals surface area (Å²) in [6.07, 6.45) is -1.13. The van der Waals surface area contributed by atoms with Crippen LogP contribution in [0.1, 0.15) is 25.5 Å². The highest BCUT2D eigenvalue weighted by Gasteiger charge is 2.30. The minimum atomic E-state index is -1.13. The van der Waals surface area contributed by atoms with Crippen LogP contribution < -0.4 is 10.2 Å².